The van der Waals surface area contributed by atoms with Gasteiger partial charge in [-0.05, 0) is 38.1 Å². The maximum atomic E-state index is 12.9. The zero-order valence-electron chi connectivity index (χ0n) is 13.7. The maximum absolute atomic E-state index is 12.9. The third kappa shape index (κ3) is 4.58. The van der Waals surface area contributed by atoms with E-state index in [1.807, 2.05) is 24.3 Å². The van der Waals surface area contributed by atoms with E-state index < -0.39 is 0 Å². The van der Waals surface area contributed by atoms with Crippen molar-refractivity contribution in [3.8, 4) is 5.75 Å². The number of H-pyrrole nitrogens is 1. The Morgan fingerprint density at radius 3 is 2.88 bits per heavy atom. The van der Waals surface area contributed by atoms with Gasteiger partial charge >= 0.3 is 0 Å². The number of halogens is 1. The minimum absolute atomic E-state index is 0.101. The van der Waals surface area contributed by atoms with Crippen molar-refractivity contribution in [1.29, 1.82) is 0 Å². The highest BCUT2D eigenvalue weighted by molar-refractivity contribution is 5.92. The summed E-state index contributed by atoms with van der Waals surface area (Å²) >= 11 is 0. The van der Waals surface area contributed by atoms with Crippen molar-refractivity contribution in [3.63, 3.8) is 0 Å². The van der Waals surface area contributed by atoms with Gasteiger partial charge in [0.25, 0.3) is 0 Å². The highest BCUT2D eigenvalue weighted by Gasteiger charge is 2.18. The van der Waals surface area contributed by atoms with E-state index in [2.05, 4.69) is 22.2 Å². The summed E-state index contributed by atoms with van der Waals surface area (Å²) in [6.07, 6.45) is 3.56. The van der Waals surface area contributed by atoms with Gasteiger partial charge in [-0.15, -0.1) is 0 Å². The molecule has 1 fully saturated rings. The summed E-state index contributed by atoms with van der Waals surface area (Å²) in [4.78, 5) is 17.0. The number of nitrogens with one attached hydrogen (secondary N) is 2. The van der Waals surface area contributed by atoms with E-state index in [1.54, 1.807) is 0 Å². The average Bonchev–Trinajstić information content (AvgIpc) is 2.95. The highest BCUT2D eigenvalue weighted by Crippen LogP contribution is 2.22. The molecule has 1 aliphatic rings. The van der Waals surface area contributed by atoms with Crippen LogP contribution in [0, 0.1) is 5.82 Å². The van der Waals surface area contributed by atoms with Crippen LogP contribution in [-0.4, -0.2) is 42.0 Å². The first kappa shape index (κ1) is 16.5. The number of aromatic amines is 1. The van der Waals surface area contributed by atoms with Crippen LogP contribution in [0.25, 0.3) is 0 Å². The molecule has 0 aliphatic carbocycles. The Balaban J connectivity index is 1.55. The van der Waals surface area contributed by atoms with E-state index in [4.69, 9.17) is 4.74 Å². The van der Waals surface area contributed by atoms with Gasteiger partial charge in [-0.1, -0.05) is 6.07 Å². The quantitative estimate of drug-likeness (QED) is 0.886. The molecular weight excluding hydrogens is 309 g/mol. The second kappa shape index (κ2) is 7.49. The predicted molar refractivity (Wildman–Crippen MR) is 90.7 cm³/mol. The molecule has 1 saturated heterocycles. The molecule has 2 heterocycles. The molecule has 6 heteroatoms. The van der Waals surface area contributed by atoms with Crippen molar-refractivity contribution in [1.82, 2.24) is 9.88 Å². The molecule has 2 aromatic rings. The molecule has 1 aromatic carbocycles. The minimum atomic E-state index is -0.369. The first-order valence-corrected chi connectivity index (χ1v) is 8.16. The van der Waals surface area contributed by atoms with Crippen LogP contribution < -0.4 is 10.1 Å². The summed E-state index contributed by atoms with van der Waals surface area (Å²) < 4.78 is 18.9. The van der Waals surface area contributed by atoms with Gasteiger partial charge < -0.3 is 19.9 Å². The smallest absolute Gasteiger partial charge is 0.230 e. The first-order chi connectivity index (χ1) is 11.6. The Labute approximate surface area is 140 Å². The number of piperidine rings is 1. The number of amides is 1. The van der Waals surface area contributed by atoms with E-state index in [-0.39, 0.29) is 24.2 Å². The lowest BCUT2D eigenvalue weighted by atomic mass is 10.1. The molecule has 2 N–H and O–H groups in total. The zero-order chi connectivity index (χ0) is 16.9. The third-order valence-corrected chi connectivity index (χ3v) is 4.14. The lowest BCUT2D eigenvalue weighted by molar-refractivity contribution is -0.115. The largest absolute Gasteiger partial charge is 0.490 e. The van der Waals surface area contributed by atoms with Crippen LogP contribution in [-0.2, 0) is 11.2 Å². The molecule has 0 radical (unpaired) electrons. The van der Waals surface area contributed by atoms with Gasteiger partial charge in [0.1, 0.15) is 17.7 Å². The Kier molecular flexibility index (Phi) is 5.15. The fraction of sp³-hybridized carbons (Fsp3) is 0.389. The van der Waals surface area contributed by atoms with Crippen molar-refractivity contribution in [3.05, 3.63) is 48.0 Å². The van der Waals surface area contributed by atoms with Crippen LogP contribution >= 0.6 is 0 Å². The molecule has 128 valence electrons. The maximum Gasteiger partial charge on any atom is 0.230 e. The number of likely N-dealkylation sites (tertiary alicyclic amines) is 1. The highest BCUT2D eigenvalue weighted by atomic mass is 19.1. The summed E-state index contributed by atoms with van der Waals surface area (Å²) in [5.41, 5.74) is 1.22. The van der Waals surface area contributed by atoms with Crippen molar-refractivity contribution in [2.45, 2.75) is 25.4 Å². The van der Waals surface area contributed by atoms with E-state index in [9.17, 15) is 9.18 Å². The Morgan fingerprint density at radius 2 is 2.17 bits per heavy atom. The molecular formula is C18H22FN3O2. The van der Waals surface area contributed by atoms with Gasteiger partial charge in [-0.3, -0.25) is 4.79 Å². The summed E-state index contributed by atoms with van der Waals surface area (Å²) in [6.45, 7) is 2.07. The topological polar surface area (TPSA) is 57.4 Å². The van der Waals surface area contributed by atoms with E-state index in [0.717, 1.165) is 31.7 Å². The van der Waals surface area contributed by atoms with Crippen molar-refractivity contribution < 1.29 is 13.9 Å². The molecule has 24 heavy (non-hydrogen) atoms. The van der Waals surface area contributed by atoms with Gasteiger partial charge in [0.05, 0.1) is 6.42 Å². The second-order valence-electron chi connectivity index (χ2n) is 6.22. The van der Waals surface area contributed by atoms with Crippen molar-refractivity contribution in [2.75, 3.05) is 25.5 Å². The molecule has 0 bridgehead atoms. The summed E-state index contributed by atoms with van der Waals surface area (Å²) in [5, 5.41) is 2.81. The summed E-state index contributed by atoms with van der Waals surface area (Å²) in [5.74, 6) is 0.188. The molecule has 3 rings (SSSR count). The SMILES string of the molecule is CN1CCC(Oc2cccc(NC(=O)Cc3cc(F)c[nH]3)c2)CC1. The predicted octanol–water partition coefficient (Wildman–Crippen LogP) is 2.81. The molecule has 5 nitrogen and oxygen atoms in total. The molecule has 0 saturated carbocycles. The van der Waals surface area contributed by atoms with Crippen molar-refractivity contribution >= 4 is 11.6 Å². The molecule has 0 atom stereocenters. The van der Waals surface area contributed by atoms with Crippen LogP contribution in [0.5, 0.6) is 5.75 Å². The van der Waals surface area contributed by atoms with Crippen LogP contribution in [0.15, 0.2) is 36.5 Å². The number of carbonyl (C=O) groups excluding carboxylic acids is 1. The average molecular weight is 331 g/mol. The molecule has 0 spiro atoms. The lowest BCUT2D eigenvalue weighted by Crippen LogP contribution is -2.35. The molecule has 0 unspecified atom stereocenters. The number of nitrogens with zero attached hydrogens (tertiary/aromatic N) is 1. The fourth-order valence-electron chi connectivity index (χ4n) is 2.83. The standard InChI is InChI=1S/C18H22FN3O2/c1-22-7-5-16(6-8-22)24-17-4-2-3-14(10-17)21-18(23)11-15-9-13(19)12-20-15/h2-4,9-10,12,16,20H,5-8,11H2,1H3,(H,21,23). The second-order valence-corrected chi connectivity index (χ2v) is 6.22. The molecule has 1 aliphatic heterocycles. The van der Waals surface area contributed by atoms with Gasteiger partial charge in [-0.2, -0.15) is 0 Å². The van der Waals surface area contributed by atoms with Gasteiger partial charge in [0.15, 0.2) is 0 Å². The van der Waals surface area contributed by atoms with E-state index >= 15 is 0 Å². The third-order valence-electron chi connectivity index (χ3n) is 4.14. The molecule has 1 aromatic heterocycles. The van der Waals surface area contributed by atoms with E-state index in [1.165, 1.54) is 12.3 Å². The van der Waals surface area contributed by atoms with E-state index in [0.29, 0.717) is 11.4 Å². The minimum Gasteiger partial charge on any atom is -0.490 e. The number of aromatic nitrogens is 1. The number of ether oxygens (including phenoxy) is 1. The number of anilines is 1. The fourth-order valence-corrected chi connectivity index (χ4v) is 2.83. The van der Waals surface area contributed by atoms with Crippen LogP contribution in [0.1, 0.15) is 18.5 Å². The first-order valence-electron chi connectivity index (χ1n) is 8.16. The number of benzene rings is 1. The van der Waals surface area contributed by atoms with Crippen LogP contribution in [0.4, 0.5) is 10.1 Å². The van der Waals surface area contributed by atoms with Gasteiger partial charge in [0.2, 0.25) is 5.91 Å². The lowest BCUT2D eigenvalue weighted by Gasteiger charge is -2.29. The van der Waals surface area contributed by atoms with Crippen molar-refractivity contribution in [2.24, 2.45) is 0 Å². The Morgan fingerprint density at radius 1 is 1.38 bits per heavy atom. The molecule has 1 amide bonds. The monoisotopic (exact) mass is 331 g/mol. The van der Waals surface area contributed by atoms with Gasteiger partial charge in [0, 0.05) is 36.7 Å². The number of hydrogen-bond donors (Lipinski definition) is 2. The Hall–Kier alpha value is -2.34. The van der Waals surface area contributed by atoms with Gasteiger partial charge in [-0.25, -0.2) is 4.39 Å². The van der Waals surface area contributed by atoms with Crippen LogP contribution in [0.3, 0.4) is 0 Å². The normalized spacial score (nSPS) is 16.1. The number of rotatable bonds is 5. The summed E-state index contributed by atoms with van der Waals surface area (Å²) in [6, 6.07) is 8.71. The van der Waals surface area contributed by atoms with Crippen LogP contribution in [0.2, 0.25) is 0 Å². The zero-order valence-corrected chi connectivity index (χ0v) is 13.7. The number of carbonyl (C=O) groups is 1. The Bertz CT molecular complexity index is 693. The number of hydrogen-bond acceptors (Lipinski definition) is 3. The summed E-state index contributed by atoms with van der Waals surface area (Å²) in [7, 11) is 2.11.